The Kier molecular flexibility index (Phi) is 11.3. The van der Waals surface area contributed by atoms with Crippen molar-refractivity contribution in [3.05, 3.63) is 91.7 Å². The van der Waals surface area contributed by atoms with E-state index in [0.29, 0.717) is 0 Å². The van der Waals surface area contributed by atoms with Crippen molar-refractivity contribution in [3.8, 4) is 0 Å². The summed E-state index contributed by atoms with van der Waals surface area (Å²) in [7, 11) is 4.73. The number of halogens is 1. The molecule has 5 aliphatic rings. The molecule has 5 rings (SSSR count). The van der Waals surface area contributed by atoms with Crippen LogP contribution in [-0.2, 0) is 23.5 Å². The fraction of sp³-hybridized carbons (Fsp3) is 0.444. The predicted octanol–water partition coefficient (Wildman–Crippen LogP) is 10.5. The Bertz CT molecular complexity index is 1540. The summed E-state index contributed by atoms with van der Waals surface area (Å²) in [6.07, 6.45) is 16.1. The Balaban J connectivity index is 0.00000198. The second kappa shape index (κ2) is 14.5. The Morgan fingerprint density at radius 3 is 1.50 bits per heavy atom. The molecule has 0 aliphatic carbocycles. The zero-order valence-electron chi connectivity index (χ0n) is 26.6. The second-order valence-electron chi connectivity index (χ2n) is 10.7. The van der Waals surface area contributed by atoms with Crippen molar-refractivity contribution >= 4 is 31.4 Å². The van der Waals surface area contributed by atoms with Gasteiger partial charge < -0.3 is 0 Å². The average Bonchev–Trinajstić information content (AvgIpc) is 3.78. The van der Waals surface area contributed by atoms with Crippen molar-refractivity contribution in [2.75, 3.05) is 0 Å². The predicted molar refractivity (Wildman–Crippen MR) is 178 cm³/mol. The molecule has 0 atom stereocenters. The summed E-state index contributed by atoms with van der Waals surface area (Å²) < 4.78 is 0. The van der Waals surface area contributed by atoms with E-state index in [1.807, 2.05) is 0 Å². The molecular formula is C36H44ClN4Zr. The molecule has 4 nitrogen and oxygen atoms in total. The van der Waals surface area contributed by atoms with Crippen LogP contribution in [0.4, 0.5) is 0 Å². The van der Waals surface area contributed by atoms with Gasteiger partial charge in [-0.05, 0) is 109 Å². The molecule has 0 N–H and O–H groups in total. The van der Waals surface area contributed by atoms with E-state index in [2.05, 4.69) is 79.7 Å². The molecule has 0 aromatic carbocycles. The van der Waals surface area contributed by atoms with Gasteiger partial charge in [-0.1, -0.05) is 55.4 Å². The van der Waals surface area contributed by atoms with E-state index in [4.69, 9.17) is 28.5 Å². The number of rotatable bonds is 8. The summed E-state index contributed by atoms with van der Waals surface area (Å²) in [6, 6.07) is 0. The van der Waals surface area contributed by atoms with E-state index < -0.39 is 0 Å². The maximum atomic E-state index is 5.54. The van der Waals surface area contributed by atoms with E-state index in [0.717, 1.165) is 121 Å². The summed E-state index contributed by atoms with van der Waals surface area (Å²) in [5, 5.41) is 0. The van der Waals surface area contributed by atoms with Crippen molar-refractivity contribution in [1.82, 2.24) is 0 Å². The van der Waals surface area contributed by atoms with Crippen LogP contribution in [0.15, 0.2) is 112 Å². The number of fused-ring (bicyclic) bond motifs is 4. The zero-order chi connectivity index (χ0) is 30.6. The van der Waals surface area contributed by atoms with Gasteiger partial charge >= 0.3 is 32.0 Å². The van der Waals surface area contributed by atoms with Gasteiger partial charge in [0.25, 0.3) is 0 Å². The van der Waals surface area contributed by atoms with E-state index in [1.165, 1.54) is 44.6 Å². The summed E-state index contributed by atoms with van der Waals surface area (Å²) in [5.74, 6) is 0. The minimum atomic E-state index is 0.896. The normalized spacial score (nSPS) is 19.7. The molecule has 0 fully saturated rings. The van der Waals surface area contributed by atoms with Crippen LogP contribution in [0.2, 0.25) is 0 Å². The molecule has 0 radical (unpaired) electrons. The minimum absolute atomic E-state index is 0.896. The number of allylic oxidation sites excluding steroid dienone is 12. The van der Waals surface area contributed by atoms with Crippen molar-refractivity contribution in [3.63, 3.8) is 0 Å². The van der Waals surface area contributed by atoms with Crippen LogP contribution in [0.3, 0.4) is 0 Å². The Labute approximate surface area is 271 Å². The van der Waals surface area contributed by atoms with Crippen LogP contribution in [0.1, 0.15) is 107 Å². The Hall–Kier alpha value is -2.23. The molecule has 0 saturated heterocycles. The van der Waals surface area contributed by atoms with Crippen molar-refractivity contribution in [2.24, 2.45) is 20.0 Å². The fourth-order valence-electron chi connectivity index (χ4n) is 6.92. The molecule has 5 aliphatic heterocycles. The first kappa shape index (κ1) is 32.7. The quantitative estimate of drug-likeness (QED) is 0.249. The first-order valence-corrected chi connectivity index (χ1v) is 18.9. The molecule has 219 valence electrons. The molecule has 0 unspecified atom stereocenters. The average molecular weight is 659 g/mol. The Morgan fingerprint density at radius 2 is 0.952 bits per heavy atom. The van der Waals surface area contributed by atoms with Crippen LogP contribution < -0.4 is 0 Å². The van der Waals surface area contributed by atoms with E-state index in [-0.39, 0.29) is 0 Å². The molecule has 6 heteroatoms. The standard InChI is InChI=1S/C36H44N4.ClH.Zr/c1-9-23-25(11-3)33-29(15-7)35-27(13-5)28(14-6)36(40-35)30(16-8)34-26(12-4)24(10-2)32(39-34)20-22-18-17-21(37-22)19-31(23)38-33;;/h17-20H,9-16H2,1-8H3;1H;/q;;+1/p-1. The fourth-order valence-corrected chi connectivity index (χ4v) is 6.92. The van der Waals surface area contributed by atoms with Crippen LogP contribution in [-0.4, -0.2) is 22.8 Å². The zero-order valence-corrected chi connectivity index (χ0v) is 29.8. The van der Waals surface area contributed by atoms with Crippen molar-refractivity contribution in [1.29, 1.82) is 0 Å². The summed E-state index contributed by atoms with van der Waals surface area (Å²) in [5.41, 5.74) is 19.3. The molecule has 0 aromatic rings. The Morgan fingerprint density at radius 1 is 0.476 bits per heavy atom. The molecule has 0 spiro atoms. The van der Waals surface area contributed by atoms with Gasteiger partial charge in [0, 0.05) is 11.1 Å². The third-order valence-electron chi connectivity index (χ3n) is 8.77. The summed E-state index contributed by atoms with van der Waals surface area (Å²) in [4.78, 5) is 21.2. The van der Waals surface area contributed by atoms with Crippen LogP contribution in [0.5, 0.6) is 0 Å². The number of hydrogen-bond donors (Lipinski definition) is 0. The van der Waals surface area contributed by atoms with Crippen LogP contribution >= 0.6 is 8.51 Å². The molecule has 42 heavy (non-hydrogen) atoms. The van der Waals surface area contributed by atoms with Gasteiger partial charge in [-0.2, -0.15) is 0 Å². The van der Waals surface area contributed by atoms with Crippen molar-refractivity contribution in [2.45, 2.75) is 107 Å². The topological polar surface area (TPSA) is 49.4 Å². The molecule has 5 heterocycles. The van der Waals surface area contributed by atoms with Gasteiger partial charge in [0.1, 0.15) is 0 Å². The van der Waals surface area contributed by atoms with Crippen LogP contribution in [0, 0.1) is 0 Å². The summed E-state index contributed by atoms with van der Waals surface area (Å²) in [6.45, 7) is 18.1. The van der Waals surface area contributed by atoms with Gasteiger partial charge in [-0.25, -0.2) is 20.0 Å². The van der Waals surface area contributed by atoms with Gasteiger partial charge in [0.15, 0.2) is 0 Å². The summed E-state index contributed by atoms with van der Waals surface area (Å²) >= 11 is 1.02. The number of nitrogens with zero attached hydrogens (tertiary/aromatic N) is 4. The van der Waals surface area contributed by atoms with Crippen molar-refractivity contribution < 1.29 is 23.5 Å². The number of aliphatic imine (C=N–C) groups is 4. The third kappa shape index (κ3) is 5.69. The second-order valence-corrected chi connectivity index (χ2v) is 10.7. The number of hydrogen-bond acceptors (Lipinski definition) is 4. The maximum absolute atomic E-state index is 5.54. The van der Waals surface area contributed by atoms with E-state index in [9.17, 15) is 0 Å². The molecule has 8 bridgehead atoms. The molecule has 0 aromatic heterocycles. The third-order valence-corrected chi connectivity index (χ3v) is 8.77. The first-order chi connectivity index (χ1) is 20.5. The molecule has 0 saturated carbocycles. The van der Waals surface area contributed by atoms with Gasteiger partial charge in [0.05, 0.1) is 45.6 Å². The van der Waals surface area contributed by atoms with Crippen LogP contribution in [0.25, 0.3) is 0 Å². The first-order valence-electron chi connectivity index (χ1n) is 15.8. The molecular weight excluding hydrogens is 615 g/mol. The SMILES string of the molecule is CCC1=C(CC)C2=NC1=CC1=NC(=CC3=NC(=C(CC)C4=NC(=C2CC)C(CC)=C4CC)C(CC)=C3CC)C=C1.[Cl][Zr]. The van der Waals surface area contributed by atoms with Gasteiger partial charge in [-0.3, -0.25) is 0 Å². The van der Waals surface area contributed by atoms with E-state index >= 15 is 0 Å². The monoisotopic (exact) mass is 657 g/mol. The van der Waals surface area contributed by atoms with Gasteiger partial charge in [-0.15, -0.1) is 0 Å². The van der Waals surface area contributed by atoms with Gasteiger partial charge in [0.2, 0.25) is 0 Å². The molecule has 0 amide bonds. The van der Waals surface area contributed by atoms with E-state index in [1.54, 1.807) is 0 Å².